The van der Waals surface area contributed by atoms with Gasteiger partial charge in [0.05, 0.1) is 5.56 Å². The summed E-state index contributed by atoms with van der Waals surface area (Å²) in [5, 5.41) is 11.8. The van der Waals surface area contributed by atoms with E-state index < -0.39 is 11.7 Å². The number of rotatable bonds is 7. The van der Waals surface area contributed by atoms with Crippen LogP contribution >= 0.6 is 11.8 Å². The van der Waals surface area contributed by atoms with Gasteiger partial charge in [-0.3, -0.25) is 0 Å². The van der Waals surface area contributed by atoms with E-state index in [2.05, 4.69) is 5.32 Å². The Balaban J connectivity index is 2.09. The molecule has 0 atom stereocenters. The van der Waals surface area contributed by atoms with Crippen LogP contribution in [0.25, 0.3) is 0 Å². The van der Waals surface area contributed by atoms with Crippen LogP contribution in [-0.2, 0) is 12.7 Å². The van der Waals surface area contributed by atoms with E-state index in [0.717, 1.165) is 12.8 Å². The third-order valence-electron chi connectivity index (χ3n) is 3.12. The van der Waals surface area contributed by atoms with Gasteiger partial charge < -0.3 is 10.4 Å². The monoisotopic (exact) mass is 305 g/mol. The molecule has 0 aromatic heterocycles. The molecule has 6 heteroatoms. The topological polar surface area (TPSA) is 32.3 Å². The Labute approximate surface area is 120 Å². The summed E-state index contributed by atoms with van der Waals surface area (Å²) in [4.78, 5) is 0.598. The van der Waals surface area contributed by atoms with Gasteiger partial charge in [0.1, 0.15) is 0 Å². The predicted octanol–water partition coefficient (Wildman–Crippen LogP) is 3.43. The third kappa shape index (κ3) is 4.68. The van der Waals surface area contributed by atoms with Crippen LogP contribution in [0.15, 0.2) is 23.1 Å². The summed E-state index contributed by atoms with van der Waals surface area (Å²) in [6.45, 7) is 0.323. The van der Waals surface area contributed by atoms with Crippen molar-refractivity contribution in [3.8, 4) is 0 Å². The van der Waals surface area contributed by atoms with E-state index in [1.807, 2.05) is 0 Å². The normalized spacial score (nSPS) is 15.6. The minimum Gasteiger partial charge on any atom is -0.396 e. The second-order valence-corrected chi connectivity index (χ2v) is 6.07. The molecule has 1 saturated carbocycles. The number of thioether (sulfide) groups is 1. The minimum absolute atomic E-state index is 0.0581. The van der Waals surface area contributed by atoms with Gasteiger partial charge in [0.15, 0.2) is 0 Å². The second kappa shape index (κ2) is 6.83. The Morgan fingerprint density at radius 2 is 2.05 bits per heavy atom. The molecule has 2 rings (SSSR count). The standard InChI is InChI=1S/C14H18F3NOS/c15-14(16,17)13-8-12(20-7-1-6-19)5-2-10(13)9-18-11-3-4-11/h2,5,8,11,18-19H,1,3-4,6-7,9H2. The van der Waals surface area contributed by atoms with E-state index in [9.17, 15) is 13.2 Å². The van der Waals surface area contributed by atoms with Crippen LogP contribution in [0.3, 0.4) is 0 Å². The van der Waals surface area contributed by atoms with Crippen molar-refractivity contribution in [3.05, 3.63) is 29.3 Å². The largest absolute Gasteiger partial charge is 0.416 e. The lowest BCUT2D eigenvalue weighted by molar-refractivity contribution is -0.138. The first-order valence-corrected chi connectivity index (χ1v) is 7.66. The molecule has 0 amide bonds. The van der Waals surface area contributed by atoms with Crippen molar-refractivity contribution >= 4 is 11.8 Å². The fraction of sp³-hybridized carbons (Fsp3) is 0.571. The number of nitrogens with one attached hydrogen (secondary N) is 1. The summed E-state index contributed by atoms with van der Waals surface area (Å²) < 4.78 is 39.2. The molecular weight excluding hydrogens is 287 g/mol. The Kier molecular flexibility index (Phi) is 5.35. The predicted molar refractivity (Wildman–Crippen MR) is 73.7 cm³/mol. The smallest absolute Gasteiger partial charge is 0.396 e. The van der Waals surface area contributed by atoms with Crippen molar-refractivity contribution in [2.24, 2.45) is 0 Å². The number of benzene rings is 1. The molecule has 0 saturated heterocycles. The molecule has 2 nitrogen and oxygen atoms in total. The highest BCUT2D eigenvalue weighted by Crippen LogP contribution is 2.35. The Morgan fingerprint density at radius 1 is 1.30 bits per heavy atom. The molecule has 2 N–H and O–H groups in total. The second-order valence-electron chi connectivity index (χ2n) is 4.90. The fourth-order valence-corrected chi connectivity index (χ4v) is 2.73. The summed E-state index contributed by atoms with van der Waals surface area (Å²) in [5.41, 5.74) is -0.254. The van der Waals surface area contributed by atoms with Gasteiger partial charge in [0, 0.05) is 29.8 Å². The van der Waals surface area contributed by atoms with Gasteiger partial charge in [-0.2, -0.15) is 13.2 Å². The van der Waals surface area contributed by atoms with Gasteiger partial charge in [0.2, 0.25) is 0 Å². The summed E-state index contributed by atoms with van der Waals surface area (Å²) >= 11 is 1.34. The summed E-state index contributed by atoms with van der Waals surface area (Å²) in [6, 6.07) is 4.88. The van der Waals surface area contributed by atoms with E-state index in [1.165, 1.54) is 17.8 Å². The molecule has 0 aliphatic heterocycles. The molecule has 20 heavy (non-hydrogen) atoms. The number of halogens is 3. The van der Waals surface area contributed by atoms with E-state index >= 15 is 0 Å². The molecule has 1 aliphatic rings. The molecule has 1 aromatic rings. The number of hydrogen-bond donors (Lipinski definition) is 2. The van der Waals surface area contributed by atoms with Crippen molar-refractivity contribution < 1.29 is 18.3 Å². The van der Waals surface area contributed by atoms with Crippen molar-refractivity contribution in [2.75, 3.05) is 12.4 Å². The van der Waals surface area contributed by atoms with Crippen LogP contribution in [0.1, 0.15) is 30.4 Å². The van der Waals surface area contributed by atoms with Crippen molar-refractivity contribution in [2.45, 2.75) is 42.9 Å². The van der Waals surface area contributed by atoms with E-state index in [0.29, 0.717) is 28.7 Å². The van der Waals surface area contributed by atoms with Crippen molar-refractivity contribution in [1.29, 1.82) is 0 Å². The van der Waals surface area contributed by atoms with Gasteiger partial charge in [-0.15, -0.1) is 11.8 Å². The maximum Gasteiger partial charge on any atom is 0.416 e. The zero-order valence-corrected chi connectivity index (χ0v) is 11.9. The highest BCUT2D eigenvalue weighted by Gasteiger charge is 2.34. The first-order valence-electron chi connectivity index (χ1n) is 6.68. The van der Waals surface area contributed by atoms with Crippen molar-refractivity contribution in [1.82, 2.24) is 5.32 Å². The number of alkyl halides is 3. The molecule has 1 aromatic carbocycles. The van der Waals surface area contributed by atoms with E-state index in [4.69, 9.17) is 5.11 Å². The van der Waals surface area contributed by atoms with Crippen LogP contribution in [0.2, 0.25) is 0 Å². The number of hydrogen-bond acceptors (Lipinski definition) is 3. The lowest BCUT2D eigenvalue weighted by Gasteiger charge is -2.15. The van der Waals surface area contributed by atoms with E-state index in [1.54, 1.807) is 12.1 Å². The van der Waals surface area contributed by atoms with Crippen molar-refractivity contribution in [3.63, 3.8) is 0 Å². The molecule has 112 valence electrons. The molecule has 1 fully saturated rings. The van der Waals surface area contributed by atoms with Crippen LogP contribution in [0.4, 0.5) is 13.2 Å². The third-order valence-corrected chi connectivity index (χ3v) is 4.20. The van der Waals surface area contributed by atoms with Gasteiger partial charge in [0.25, 0.3) is 0 Å². The summed E-state index contributed by atoms with van der Waals surface area (Å²) in [6.07, 6.45) is -1.64. The first-order chi connectivity index (χ1) is 9.50. The van der Waals surface area contributed by atoms with Crippen LogP contribution < -0.4 is 5.32 Å². The molecule has 0 radical (unpaired) electrons. The lowest BCUT2D eigenvalue weighted by atomic mass is 10.1. The minimum atomic E-state index is -4.33. The zero-order chi connectivity index (χ0) is 14.6. The van der Waals surface area contributed by atoms with Crippen LogP contribution in [0.5, 0.6) is 0 Å². The van der Waals surface area contributed by atoms with Gasteiger partial charge >= 0.3 is 6.18 Å². The summed E-state index contributed by atoms with van der Waals surface area (Å²) in [7, 11) is 0. The molecule has 0 spiro atoms. The van der Waals surface area contributed by atoms with Gasteiger partial charge in [-0.05, 0) is 37.0 Å². The first kappa shape index (κ1) is 15.7. The molecule has 0 bridgehead atoms. The number of aliphatic hydroxyl groups is 1. The average molecular weight is 305 g/mol. The maximum atomic E-state index is 13.1. The Hall–Kier alpha value is -0.720. The molecule has 1 aliphatic carbocycles. The van der Waals surface area contributed by atoms with Gasteiger partial charge in [-0.25, -0.2) is 0 Å². The van der Waals surface area contributed by atoms with E-state index in [-0.39, 0.29) is 13.2 Å². The number of aliphatic hydroxyl groups excluding tert-OH is 1. The summed E-state index contributed by atoms with van der Waals surface area (Å²) in [5.74, 6) is 0.619. The van der Waals surface area contributed by atoms with Crippen LogP contribution in [-0.4, -0.2) is 23.5 Å². The maximum absolute atomic E-state index is 13.1. The Bertz CT molecular complexity index is 447. The Morgan fingerprint density at radius 3 is 2.65 bits per heavy atom. The zero-order valence-electron chi connectivity index (χ0n) is 11.0. The fourth-order valence-electron chi connectivity index (χ4n) is 1.86. The highest BCUT2D eigenvalue weighted by molar-refractivity contribution is 7.99. The molecule has 0 heterocycles. The molecular formula is C14H18F3NOS. The van der Waals surface area contributed by atoms with Gasteiger partial charge in [-0.1, -0.05) is 6.07 Å². The van der Waals surface area contributed by atoms with Crippen LogP contribution in [0, 0.1) is 0 Å². The molecule has 0 unspecified atom stereocenters. The quantitative estimate of drug-likeness (QED) is 0.598. The highest BCUT2D eigenvalue weighted by atomic mass is 32.2. The average Bonchev–Trinajstić information content (AvgIpc) is 3.20. The SMILES string of the molecule is OCCCSc1ccc(CNC2CC2)c(C(F)(F)F)c1. The lowest BCUT2D eigenvalue weighted by Crippen LogP contribution is -2.19.